The Morgan fingerprint density at radius 3 is 2.48 bits per heavy atom. The molecule has 2 rings (SSSR count). The van der Waals surface area contributed by atoms with Crippen molar-refractivity contribution < 1.29 is 13.5 Å². The average Bonchev–Trinajstić information content (AvgIpc) is 3.00. The highest BCUT2D eigenvalue weighted by Crippen LogP contribution is 2.24. The van der Waals surface area contributed by atoms with Crippen molar-refractivity contribution in [3.05, 3.63) is 29.8 Å². The third kappa shape index (κ3) is 4.85. The summed E-state index contributed by atoms with van der Waals surface area (Å²) in [6.07, 6.45) is 5.05. The second-order valence-electron chi connectivity index (χ2n) is 5.30. The van der Waals surface area contributed by atoms with Gasteiger partial charge in [-0.2, -0.15) is 0 Å². The SMILES string of the molecule is O=S(=O)(NCC1CCCC1)c1ccc(C#CCCO)cc1. The highest BCUT2D eigenvalue weighted by molar-refractivity contribution is 7.89. The van der Waals surface area contributed by atoms with Gasteiger partial charge in [0.1, 0.15) is 0 Å². The largest absolute Gasteiger partial charge is 0.395 e. The zero-order valence-electron chi connectivity index (χ0n) is 12.0. The summed E-state index contributed by atoms with van der Waals surface area (Å²) in [7, 11) is -3.43. The Balaban J connectivity index is 1.98. The number of hydrogen-bond donors (Lipinski definition) is 2. The third-order valence-electron chi connectivity index (χ3n) is 3.67. The van der Waals surface area contributed by atoms with Crippen molar-refractivity contribution in [2.75, 3.05) is 13.2 Å². The Hall–Kier alpha value is -1.35. The molecule has 0 heterocycles. The van der Waals surface area contributed by atoms with E-state index in [1.165, 1.54) is 12.8 Å². The van der Waals surface area contributed by atoms with Gasteiger partial charge < -0.3 is 5.11 Å². The fourth-order valence-electron chi connectivity index (χ4n) is 2.46. The first kappa shape index (κ1) is 16.0. The lowest BCUT2D eigenvalue weighted by Gasteiger charge is -2.11. The van der Waals surface area contributed by atoms with Crippen LogP contribution < -0.4 is 4.72 Å². The zero-order valence-corrected chi connectivity index (χ0v) is 12.8. The smallest absolute Gasteiger partial charge is 0.240 e. The topological polar surface area (TPSA) is 66.4 Å². The molecule has 1 aliphatic rings. The summed E-state index contributed by atoms with van der Waals surface area (Å²) in [5, 5.41) is 8.65. The van der Waals surface area contributed by atoms with E-state index in [9.17, 15) is 8.42 Å². The van der Waals surface area contributed by atoms with Crippen LogP contribution in [0.4, 0.5) is 0 Å². The fraction of sp³-hybridized carbons (Fsp3) is 0.500. The van der Waals surface area contributed by atoms with Gasteiger partial charge in [0.15, 0.2) is 0 Å². The number of sulfonamides is 1. The number of aliphatic hydroxyl groups is 1. The van der Waals surface area contributed by atoms with Crippen molar-refractivity contribution in [3.8, 4) is 11.8 Å². The molecule has 0 bridgehead atoms. The van der Waals surface area contributed by atoms with Gasteiger partial charge in [0.25, 0.3) is 0 Å². The lowest BCUT2D eigenvalue weighted by atomic mass is 10.1. The van der Waals surface area contributed by atoms with Crippen LogP contribution in [0.5, 0.6) is 0 Å². The predicted octanol–water partition coefficient (Wildman–Crippen LogP) is 1.89. The van der Waals surface area contributed by atoms with Gasteiger partial charge in [-0.1, -0.05) is 24.7 Å². The predicted molar refractivity (Wildman–Crippen MR) is 82.2 cm³/mol. The van der Waals surface area contributed by atoms with Gasteiger partial charge in [0.05, 0.1) is 11.5 Å². The first-order valence-electron chi connectivity index (χ1n) is 7.31. The number of nitrogens with one attached hydrogen (secondary N) is 1. The summed E-state index contributed by atoms with van der Waals surface area (Å²) in [4.78, 5) is 0.271. The second kappa shape index (κ2) is 7.60. The van der Waals surface area contributed by atoms with Gasteiger partial charge in [0, 0.05) is 18.5 Å². The van der Waals surface area contributed by atoms with Gasteiger partial charge in [-0.15, -0.1) is 0 Å². The van der Waals surface area contributed by atoms with Crippen molar-refractivity contribution in [2.24, 2.45) is 5.92 Å². The minimum atomic E-state index is -3.43. The summed E-state index contributed by atoms with van der Waals surface area (Å²) in [6.45, 7) is 0.560. The molecule has 0 aromatic heterocycles. The monoisotopic (exact) mass is 307 g/mol. The van der Waals surface area contributed by atoms with Gasteiger partial charge in [0.2, 0.25) is 10.0 Å². The van der Waals surface area contributed by atoms with Crippen molar-refractivity contribution in [3.63, 3.8) is 0 Å². The molecule has 1 saturated carbocycles. The van der Waals surface area contributed by atoms with Crippen LogP contribution in [-0.4, -0.2) is 26.7 Å². The highest BCUT2D eigenvalue weighted by atomic mass is 32.2. The number of hydrogen-bond acceptors (Lipinski definition) is 3. The van der Waals surface area contributed by atoms with Gasteiger partial charge in [-0.05, 0) is 43.0 Å². The van der Waals surface area contributed by atoms with Gasteiger partial charge in [-0.25, -0.2) is 13.1 Å². The van der Waals surface area contributed by atoms with Crippen molar-refractivity contribution in [1.29, 1.82) is 0 Å². The third-order valence-corrected chi connectivity index (χ3v) is 5.11. The molecule has 1 aliphatic carbocycles. The maximum Gasteiger partial charge on any atom is 0.240 e. The van der Waals surface area contributed by atoms with Crippen molar-refractivity contribution in [2.45, 2.75) is 37.0 Å². The van der Waals surface area contributed by atoms with Crippen LogP contribution in [0.25, 0.3) is 0 Å². The molecule has 0 unspecified atom stereocenters. The lowest BCUT2D eigenvalue weighted by molar-refractivity contribution is 0.305. The molecule has 21 heavy (non-hydrogen) atoms. The summed E-state index contributed by atoms with van der Waals surface area (Å²) < 4.78 is 27.1. The number of rotatable bonds is 5. The highest BCUT2D eigenvalue weighted by Gasteiger charge is 2.19. The molecule has 0 aliphatic heterocycles. The minimum Gasteiger partial charge on any atom is -0.395 e. The van der Waals surface area contributed by atoms with Crippen molar-refractivity contribution in [1.82, 2.24) is 4.72 Å². The number of benzene rings is 1. The molecular formula is C16H21NO3S. The molecular weight excluding hydrogens is 286 g/mol. The Kier molecular flexibility index (Phi) is 5.80. The molecule has 114 valence electrons. The summed E-state index contributed by atoms with van der Waals surface area (Å²) in [5.74, 6) is 6.16. The van der Waals surface area contributed by atoms with Crippen molar-refractivity contribution >= 4 is 10.0 Å². The van der Waals surface area contributed by atoms with Crippen LogP contribution in [-0.2, 0) is 10.0 Å². The Morgan fingerprint density at radius 1 is 1.19 bits per heavy atom. The van der Waals surface area contributed by atoms with Gasteiger partial charge >= 0.3 is 0 Å². The van der Waals surface area contributed by atoms with E-state index in [0.29, 0.717) is 18.9 Å². The normalized spacial score (nSPS) is 15.7. The molecule has 2 N–H and O–H groups in total. The van der Waals surface area contributed by atoms with Crippen LogP contribution in [0.15, 0.2) is 29.2 Å². The molecule has 0 atom stereocenters. The first-order valence-corrected chi connectivity index (χ1v) is 8.79. The standard InChI is InChI=1S/C16H21NO3S/c18-12-4-3-5-14-8-10-16(11-9-14)21(19,20)17-13-15-6-1-2-7-15/h8-11,15,17-18H,1-2,4,6-7,12-13H2. The quantitative estimate of drug-likeness (QED) is 0.816. The van der Waals surface area contributed by atoms with Crippen LogP contribution in [0.3, 0.4) is 0 Å². The zero-order chi connectivity index (χ0) is 15.1. The van der Waals surface area contributed by atoms with E-state index in [2.05, 4.69) is 16.6 Å². The molecule has 4 nitrogen and oxygen atoms in total. The Bertz CT molecular complexity index is 605. The summed E-state index contributed by atoms with van der Waals surface area (Å²) in [6, 6.07) is 6.52. The molecule has 1 aromatic rings. The van der Waals surface area contributed by atoms with E-state index in [4.69, 9.17) is 5.11 Å². The molecule has 0 amide bonds. The van der Waals surface area contributed by atoms with Crippen LogP contribution >= 0.6 is 0 Å². The van der Waals surface area contributed by atoms with E-state index in [-0.39, 0.29) is 11.5 Å². The van der Waals surface area contributed by atoms with Crippen LogP contribution in [0, 0.1) is 17.8 Å². The van der Waals surface area contributed by atoms with Crippen LogP contribution in [0.1, 0.15) is 37.7 Å². The molecule has 0 spiro atoms. The van der Waals surface area contributed by atoms with Crippen LogP contribution in [0.2, 0.25) is 0 Å². The van der Waals surface area contributed by atoms with E-state index >= 15 is 0 Å². The Morgan fingerprint density at radius 2 is 1.86 bits per heavy atom. The molecule has 1 fully saturated rings. The lowest BCUT2D eigenvalue weighted by Crippen LogP contribution is -2.28. The fourth-order valence-corrected chi connectivity index (χ4v) is 3.58. The summed E-state index contributed by atoms with van der Waals surface area (Å²) in [5.41, 5.74) is 0.748. The average molecular weight is 307 g/mol. The number of aliphatic hydroxyl groups excluding tert-OH is 1. The maximum absolute atomic E-state index is 12.2. The minimum absolute atomic E-state index is 0.0323. The van der Waals surface area contributed by atoms with E-state index in [0.717, 1.165) is 18.4 Å². The summed E-state index contributed by atoms with van der Waals surface area (Å²) >= 11 is 0. The van der Waals surface area contributed by atoms with E-state index < -0.39 is 10.0 Å². The molecule has 1 aromatic carbocycles. The second-order valence-corrected chi connectivity index (χ2v) is 7.07. The Labute approximate surface area is 126 Å². The maximum atomic E-state index is 12.2. The van der Waals surface area contributed by atoms with E-state index in [1.54, 1.807) is 24.3 Å². The van der Waals surface area contributed by atoms with Gasteiger partial charge in [-0.3, -0.25) is 0 Å². The first-order chi connectivity index (χ1) is 10.1. The molecule has 0 saturated heterocycles. The van der Waals surface area contributed by atoms with E-state index in [1.807, 2.05) is 0 Å². The molecule has 0 radical (unpaired) electrons. The molecule has 5 heteroatoms.